The topological polar surface area (TPSA) is 93.4 Å². The molecule has 0 saturated carbocycles. The van der Waals surface area contributed by atoms with E-state index < -0.39 is 0 Å². The number of nitrogens with zero attached hydrogens (tertiary/aromatic N) is 8. The highest BCUT2D eigenvalue weighted by Gasteiger charge is 2.45. The molecule has 0 amide bonds. The number of rotatable bonds is 9. The number of ether oxygens (including phenoxy) is 3. The zero-order valence-electron chi connectivity index (χ0n) is 25.6. The van der Waals surface area contributed by atoms with Crippen molar-refractivity contribution < 1.29 is 14.2 Å². The molecule has 2 unspecified atom stereocenters. The third kappa shape index (κ3) is 5.16. The van der Waals surface area contributed by atoms with E-state index in [4.69, 9.17) is 24.2 Å². The van der Waals surface area contributed by atoms with Gasteiger partial charge in [0.25, 0.3) is 0 Å². The van der Waals surface area contributed by atoms with Crippen LogP contribution in [0.5, 0.6) is 11.6 Å². The van der Waals surface area contributed by atoms with Gasteiger partial charge in [-0.05, 0) is 56.5 Å². The van der Waals surface area contributed by atoms with E-state index in [1.165, 1.54) is 24.8 Å². The summed E-state index contributed by atoms with van der Waals surface area (Å²) in [4.78, 5) is 21.6. The SMILES string of the molecule is COc1ccc(CN2C3CC2CN(c2cnc(-c4cc(OCCN5CCC6(CC5)COC6)cn5ncc(C)c45)cn2)C3)cn1. The summed E-state index contributed by atoms with van der Waals surface area (Å²) < 4.78 is 18.9. The Kier molecular flexibility index (Phi) is 7.11. The normalized spacial score (nSPS) is 23.0. The second kappa shape index (κ2) is 11.3. The Labute approximate surface area is 257 Å². The highest BCUT2D eigenvalue weighted by Crippen LogP contribution is 2.39. The van der Waals surface area contributed by atoms with Crippen molar-refractivity contribution in [2.45, 2.75) is 44.8 Å². The maximum Gasteiger partial charge on any atom is 0.212 e. The van der Waals surface area contributed by atoms with Crippen molar-refractivity contribution in [3.8, 4) is 22.9 Å². The Morgan fingerprint density at radius 3 is 2.52 bits per heavy atom. The molecular weight excluding hydrogens is 556 g/mol. The number of aromatic nitrogens is 5. The molecule has 4 aromatic rings. The number of anilines is 1. The Balaban J connectivity index is 0.920. The first-order valence-corrected chi connectivity index (χ1v) is 15.8. The van der Waals surface area contributed by atoms with E-state index in [1.54, 1.807) is 7.11 Å². The lowest BCUT2D eigenvalue weighted by molar-refractivity contribution is -0.139. The van der Waals surface area contributed by atoms with Crippen LogP contribution in [0.3, 0.4) is 0 Å². The number of piperidine rings is 2. The third-order valence-electron chi connectivity index (χ3n) is 10.1. The largest absolute Gasteiger partial charge is 0.491 e. The van der Waals surface area contributed by atoms with Crippen molar-refractivity contribution in [2.75, 3.05) is 64.6 Å². The molecule has 11 heteroatoms. The number of likely N-dealkylation sites (tertiary alicyclic amines) is 1. The van der Waals surface area contributed by atoms with Crippen LogP contribution in [0.1, 0.15) is 30.4 Å². The first-order chi connectivity index (χ1) is 21.6. The van der Waals surface area contributed by atoms with Crippen molar-refractivity contribution in [1.82, 2.24) is 34.4 Å². The molecule has 0 N–H and O–H groups in total. The van der Waals surface area contributed by atoms with Gasteiger partial charge in [0.05, 0.1) is 56.3 Å². The molecule has 9 rings (SSSR count). The van der Waals surface area contributed by atoms with Gasteiger partial charge in [0.2, 0.25) is 5.88 Å². The van der Waals surface area contributed by atoms with Gasteiger partial charge in [-0.25, -0.2) is 14.5 Å². The molecule has 5 aliphatic heterocycles. The van der Waals surface area contributed by atoms with Crippen LogP contribution in [-0.2, 0) is 11.3 Å². The molecule has 0 aromatic carbocycles. The van der Waals surface area contributed by atoms with Crippen LogP contribution in [-0.4, -0.2) is 106 Å². The average Bonchev–Trinajstić information content (AvgIpc) is 3.43. The number of methoxy groups -OCH3 is 1. The number of hydrogen-bond acceptors (Lipinski definition) is 10. The first kappa shape index (κ1) is 27.7. The summed E-state index contributed by atoms with van der Waals surface area (Å²) in [5, 5.41) is 4.59. The van der Waals surface area contributed by atoms with Gasteiger partial charge in [0.15, 0.2) is 0 Å². The minimum absolute atomic E-state index is 0.455. The molecule has 9 heterocycles. The summed E-state index contributed by atoms with van der Waals surface area (Å²) in [6, 6.07) is 7.16. The Hall–Kier alpha value is -3.80. The summed E-state index contributed by atoms with van der Waals surface area (Å²) in [6.07, 6.45) is 13.3. The van der Waals surface area contributed by atoms with Gasteiger partial charge in [-0.3, -0.25) is 14.8 Å². The molecule has 1 spiro atoms. The predicted molar refractivity (Wildman–Crippen MR) is 166 cm³/mol. The number of pyridine rings is 2. The van der Waals surface area contributed by atoms with Crippen molar-refractivity contribution >= 4 is 11.3 Å². The Morgan fingerprint density at radius 2 is 1.84 bits per heavy atom. The quantitative estimate of drug-likeness (QED) is 0.286. The van der Waals surface area contributed by atoms with E-state index in [-0.39, 0.29) is 0 Å². The highest BCUT2D eigenvalue weighted by atomic mass is 16.5. The van der Waals surface area contributed by atoms with Crippen molar-refractivity contribution in [3.05, 3.63) is 60.3 Å². The smallest absolute Gasteiger partial charge is 0.212 e. The molecule has 5 fully saturated rings. The molecule has 2 atom stereocenters. The number of fused-ring (bicyclic) bond motifs is 3. The van der Waals surface area contributed by atoms with Gasteiger partial charge in [-0.15, -0.1) is 0 Å². The summed E-state index contributed by atoms with van der Waals surface area (Å²) in [6.45, 7) is 10.6. The van der Waals surface area contributed by atoms with E-state index >= 15 is 0 Å². The van der Waals surface area contributed by atoms with Gasteiger partial charge < -0.3 is 19.1 Å². The third-order valence-corrected chi connectivity index (χ3v) is 10.1. The summed E-state index contributed by atoms with van der Waals surface area (Å²) in [5.41, 5.74) is 5.62. The molecule has 4 aromatic heterocycles. The van der Waals surface area contributed by atoms with Gasteiger partial charge in [-0.1, -0.05) is 6.07 Å². The first-order valence-electron chi connectivity index (χ1n) is 15.8. The molecule has 0 radical (unpaired) electrons. The van der Waals surface area contributed by atoms with Crippen LogP contribution < -0.4 is 14.4 Å². The fourth-order valence-corrected chi connectivity index (χ4v) is 7.34. The summed E-state index contributed by atoms with van der Waals surface area (Å²) in [7, 11) is 1.65. The average molecular weight is 597 g/mol. The molecule has 5 saturated heterocycles. The van der Waals surface area contributed by atoms with E-state index in [0.717, 1.165) is 86.4 Å². The van der Waals surface area contributed by atoms with Gasteiger partial charge in [-0.2, -0.15) is 5.10 Å². The minimum atomic E-state index is 0.455. The zero-order valence-corrected chi connectivity index (χ0v) is 25.6. The van der Waals surface area contributed by atoms with Crippen molar-refractivity contribution in [3.63, 3.8) is 0 Å². The molecule has 11 nitrogen and oxygen atoms in total. The fraction of sp³-hybridized carbons (Fsp3) is 0.515. The van der Waals surface area contributed by atoms with E-state index in [0.29, 0.717) is 30.0 Å². The standard InChI is InChI=1S/C33H40N8O3/c1-23-13-37-41-20-27(44-10-9-38-7-5-33(6-8-38)21-43-22-33)12-28(32(23)41)29-15-35-30(16-34-29)39-18-25-11-26(19-39)40(25)17-24-3-4-31(42-2)36-14-24/h3-4,12-16,20,25-26H,5-11,17-19,21-22H2,1-2H3. The monoisotopic (exact) mass is 596 g/mol. The second-order valence-electron chi connectivity index (χ2n) is 13.0. The summed E-state index contributed by atoms with van der Waals surface area (Å²) in [5.74, 6) is 2.38. The van der Waals surface area contributed by atoms with Gasteiger partial charge >= 0.3 is 0 Å². The minimum Gasteiger partial charge on any atom is -0.491 e. The lowest BCUT2D eigenvalue weighted by Crippen LogP contribution is -2.68. The fourth-order valence-electron chi connectivity index (χ4n) is 7.34. The Morgan fingerprint density at radius 1 is 1.00 bits per heavy atom. The van der Waals surface area contributed by atoms with Crippen LogP contribution in [0.25, 0.3) is 16.8 Å². The zero-order chi connectivity index (χ0) is 29.7. The molecular formula is C33H40N8O3. The predicted octanol–water partition coefficient (Wildman–Crippen LogP) is 3.46. The number of piperazine rings is 1. The van der Waals surface area contributed by atoms with E-state index in [9.17, 15) is 0 Å². The van der Waals surface area contributed by atoms with Crippen LogP contribution >= 0.6 is 0 Å². The van der Waals surface area contributed by atoms with Crippen LogP contribution in [0, 0.1) is 12.3 Å². The van der Waals surface area contributed by atoms with E-state index in [1.807, 2.05) is 41.6 Å². The lowest BCUT2D eigenvalue weighted by atomic mass is 9.77. The highest BCUT2D eigenvalue weighted by molar-refractivity contribution is 5.81. The van der Waals surface area contributed by atoms with Crippen molar-refractivity contribution in [2.24, 2.45) is 5.41 Å². The molecule has 44 heavy (non-hydrogen) atoms. The Bertz CT molecular complexity index is 1600. The van der Waals surface area contributed by atoms with Crippen LogP contribution in [0.15, 0.2) is 49.2 Å². The maximum absolute atomic E-state index is 6.28. The maximum atomic E-state index is 6.28. The van der Waals surface area contributed by atoms with Gasteiger partial charge in [0.1, 0.15) is 18.2 Å². The second-order valence-corrected chi connectivity index (χ2v) is 13.0. The number of aryl methyl sites for hydroxylation is 1. The molecule has 2 bridgehead atoms. The summed E-state index contributed by atoms with van der Waals surface area (Å²) >= 11 is 0. The molecule has 0 aliphatic carbocycles. The van der Waals surface area contributed by atoms with Crippen LogP contribution in [0.4, 0.5) is 5.82 Å². The van der Waals surface area contributed by atoms with Gasteiger partial charge in [0, 0.05) is 61.5 Å². The molecule has 5 aliphatic rings. The van der Waals surface area contributed by atoms with E-state index in [2.05, 4.69) is 43.8 Å². The lowest BCUT2D eigenvalue weighted by Gasteiger charge is -2.56. The molecule has 230 valence electrons. The number of hydrogen-bond donors (Lipinski definition) is 0. The van der Waals surface area contributed by atoms with Crippen molar-refractivity contribution in [1.29, 1.82) is 0 Å². The van der Waals surface area contributed by atoms with Crippen LogP contribution in [0.2, 0.25) is 0 Å².